The van der Waals surface area contributed by atoms with Crippen LogP contribution in [0.1, 0.15) is 45.6 Å². The van der Waals surface area contributed by atoms with E-state index >= 15 is 0 Å². The third-order valence-electron chi connectivity index (χ3n) is 4.29. The van der Waals surface area contributed by atoms with Crippen molar-refractivity contribution in [2.75, 3.05) is 6.54 Å². The highest BCUT2D eigenvalue weighted by Crippen LogP contribution is 2.52. The van der Waals surface area contributed by atoms with Gasteiger partial charge in [0, 0.05) is 12.2 Å². The second-order valence-electron chi connectivity index (χ2n) is 6.81. The predicted molar refractivity (Wildman–Crippen MR) is 85.7 cm³/mol. The predicted octanol–water partition coefficient (Wildman–Crippen LogP) is 3.58. The molecule has 2 rings (SSSR count). The van der Waals surface area contributed by atoms with Gasteiger partial charge >= 0.3 is 6.09 Å². The van der Waals surface area contributed by atoms with Gasteiger partial charge in [-0.15, -0.1) is 0 Å². The van der Waals surface area contributed by atoms with E-state index in [1.807, 2.05) is 6.92 Å². The summed E-state index contributed by atoms with van der Waals surface area (Å²) in [5, 5.41) is 9.65. The maximum absolute atomic E-state index is 11.8. The van der Waals surface area contributed by atoms with E-state index in [4.69, 9.17) is 0 Å². The fourth-order valence-electron chi connectivity index (χ4n) is 3.31. The minimum absolute atomic E-state index is 0.233. The number of carbonyl (C=O) groups is 1. The fourth-order valence-corrected chi connectivity index (χ4v) is 3.69. The monoisotopic (exact) mass is 391 g/mol. The Labute approximate surface area is 133 Å². The fraction of sp³-hybridized carbons (Fsp3) is 0.714. The van der Waals surface area contributed by atoms with E-state index < -0.39 is 11.6 Å². The number of aryl methyl sites for hydroxylation is 1. The van der Waals surface area contributed by atoms with E-state index in [1.165, 1.54) is 0 Å². The standard InChI is InChI=1S/C14H22IN3O2/c1-8-6-14(13(3,4)5,18(7-8)12(19)20)11-16-9(2)10(15)17-11/h8H,6-7H2,1-5H3,(H,16,17)(H,19,20)/t8-,14+/m0/s1. The van der Waals surface area contributed by atoms with Crippen LogP contribution in [0.4, 0.5) is 4.79 Å². The number of amides is 1. The number of hydrogen-bond donors (Lipinski definition) is 2. The van der Waals surface area contributed by atoms with Crippen molar-refractivity contribution in [1.29, 1.82) is 0 Å². The molecule has 5 nitrogen and oxygen atoms in total. The molecule has 0 unspecified atom stereocenters. The van der Waals surface area contributed by atoms with E-state index in [-0.39, 0.29) is 5.41 Å². The summed E-state index contributed by atoms with van der Waals surface area (Å²) in [6.07, 6.45) is -0.0698. The van der Waals surface area contributed by atoms with Crippen LogP contribution >= 0.6 is 22.6 Å². The molecule has 112 valence electrons. The van der Waals surface area contributed by atoms with Gasteiger partial charge in [0.25, 0.3) is 0 Å². The van der Waals surface area contributed by atoms with Gasteiger partial charge in [0.2, 0.25) is 0 Å². The number of nitrogens with zero attached hydrogens (tertiary/aromatic N) is 2. The van der Waals surface area contributed by atoms with Gasteiger partial charge in [-0.1, -0.05) is 27.7 Å². The number of aromatic nitrogens is 2. The second-order valence-corrected chi connectivity index (χ2v) is 7.84. The first kappa shape index (κ1) is 15.6. The lowest BCUT2D eigenvalue weighted by Crippen LogP contribution is -2.53. The lowest BCUT2D eigenvalue weighted by molar-refractivity contribution is 0.0214. The van der Waals surface area contributed by atoms with Crippen molar-refractivity contribution in [1.82, 2.24) is 14.9 Å². The van der Waals surface area contributed by atoms with Crippen LogP contribution < -0.4 is 0 Å². The van der Waals surface area contributed by atoms with Crippen LogP contribution in [0.3, 0.4) is 0 Å². The topological polar surface area (TPSA) is 69.2 Å². The summed E-state index contributed by atoms with van der Waals surface area (Å²) in [6.45, 7) is 10.9. The van der Waals surface area contributed by atoms with Crippen molar-refractivity contribution in [3.8, 4) is 0 Å². The van der Waals surface area contributed by atoms with E-state index in [0.29, 0.717) is 12.5 Å². The summed E-state index contributed by atoms with van der Waals surface area (Å²) in [6, 6.07) is 0. The molecule has 1 aliphatic heterocycles. The molecule has 2 N–H and O–H groups in total. The first-order chi connectivity index (χ1) is 9.09. The molecule has 0 aromatic carbocycles. The lowest BCUT2D eigenvalue weighted by Gasteiger charge is -2.45. The van der Waals surface area contributed by atoms with Gasteiger partial charge in [-0.25, -0.2) is 9.78 Å². The zero-order chi connectivity index (χ0) is 15.3. The third kappa shape index (κ3) is 2.21. The number of hydrogen-bond acceptors (Lipinski definition) is 2. The van der Waals surface area contributed by atoms with Gasteiger partial charge in [-0.3, -0.25) is 4.90 Å². The zero-order valence-electron chi connectivity index (χ0n) is 12.6. The van der Waals surface area contributed by atoms with Gasteiger partial charge in [0.1, 0.15) is 15.1 Å². The van der Waals surface area contributed by atoms with Gasteiger partial charge in [-0.2, -0.15) is 0 Å². The van der Waals surface area contributed by atoms with Crippen molar-refractivity contribution in [3.63, 3.8) is 0 Å². The summed E-state index contributed by atoms with van der Waals surface area (Å²) in [4.78, 5) is 21.3. The van der Waals surface area contributed by atoms with E-state index in [9.17, 15) is 9.90 Å². The maximum Gasteiger partial charge on any atom is 0.408 e. The van der Waals surface area contributed by atoms with Gasteiger partial charge in [-0.05, 0) is 47.3 Å². The summed E-state index contributed by atoms with van der Waals surface area (Å²) in [7, 11) is 0. The molecule has 1 aliphatic rings. The molecular weight excluding hydrogens is 369 g/mol. The molecule has 1 fully saturated rings. The Hall–Kier alpha value is -0.790. The van der Waals surface area contributed by atoms with E-state index in [0.717, 1.165) is 21.6 Å². The smallest absolute Gasteiger partial charge is 0.408 e. The zero-order valence-corrected chi connectivity index (χ0v) is 14.8. The van der Waals surface area contributed by atoms with Crippen LogP contribution in [0, 0.1) is 22.0 Å². The highest BCUT2D eigenvalue weighted by molar-refractivity contribution is 14.1. The normalized spacial score (nSPS) is 27.1. The summed E-state index contributed by atoms with van der Waals surface area (Å²) in [5.41, 5.74) is 0.171. The molecule has 0 spiro atoms. The molecule has 0 radical (unpaired) electrons. The van der Waals surface area contributed by atoms with Crippen LogP contribution in [-0.2, 0) is 5.54 Å². The highest BCUT2D eigenvalue weighted by atomic mass is 127. The molecule has 2 heterocycles. The Morgan fingerprint density at radius 2 is 2.15 bits per heavy atom. The van der Waals surface area contributed by atoms with Gasteiger partial charge < -0.3 is 10.1 Å². The van der Waals surface area contributed by atoms with E-state index in [1.54, 1.807) is 4.90 Å². The Morgan fingerprint density at radius 3 is 2.55 bits per heavy atom. The summed E-state index contributed by atoms with van der Waals surface area (Å²) < 4.78 is 0.908. The van der Waals surface area contributed by atoms with Crippen LogP contribution in [0.25, 0.3) is 0 Å². The number of nitrogens with one attached hydrogen (secondary N) is 1. The van der Waals surface area contributed by atoms with Gasteiger partial charge in [0.15, 0.2) is 0 Å². The average Bonchev–Trinajstić information content (AvgIpc) is 2.80. The van der Waals surface area contributed by atoms with Crippen LogP contribution in [0.15, 0.2) is 0 Å². The van der Waals surface area contributed by atoms with Crippen LogP contribution in [0.2, 0.25) is 0 Å². The van der Waals surface area contributed by atoms with Crippen molar-refractivity contribution < 1.29 is 9.90 Å². The Morgan fingerprint density at radius 1 is 1.55 bits per heavy atom. The molecule has 1 aromatic rings. The number of likely N-dealkylation sites (tertiary alicyclic amines) is 1. The molecule has 0 aliphatic carbocycles. The quantitative estimate of drug-likeness (QED) is 0.719. The largest absolute Gasteiger partial charge is 0.465 e. The highest BCUT2D eigenvalue weighted by Gasteiger charge is 2.57. The molecule has 20 heavy (non-hydrogen) atoms. The minimum Gasteiger partial charge on any atom is -0.465 e. The summed E-state index contributed by atoms with van der Waals surface area (Å²) >= 11 is 2.19. The Kier molecular flexibility index (Phi) is 3.81. The Bertz CT molecular complexity index is 516. The minimum atomic E-state index is -0.867. The molecule has 1 saturated heterocycles. The number of carboxylic acid groups (broad SMARTS) is 1. The SMILES string of the molecule is Cc1[nH]c([C@@]2(C(C)(C)C)C[C@H](C)CN2C(=O)O)nc1I. The summed E-state index contributed by atoms with van der Waals surface area (Å²) in [5.74, 6) is 1.10. The number of H-pyrrole nitrogens is 1. The molecule has 0 bridgehead atoms. The van der Waals surface area contributed by atoms with Crippen LogP contribution in [0.5, 0.6) is 0 Å². The van der Waals surface area contributed by atoms with Crippen LogP contribution in [-0.4, -0.2) is 32.6 Å². The molecule has 0 saturated carbocycles. The van der Waals surface area contributed by atoms with Crippen molar-refractivity contribution in [2.24, 2.45) is 11.3 Å². The third-order valence-corrected chi connectivity index (χ3v) is 5.34. The first-order valence-corrected chi connectivity index (χ1v) is 7.90. The molecular formula is C14H22IN3O2. The van der Waals surface area contributed by atoms with Crippen molar-refractivity contribution in [2.45, 2.75) is 46.6 Å². The molecule has 1 amide bonds. The second kappa shape index (κ2) is 4.89. The van der Waals surface area contributed by atoms with Crippen molar-refractivity contribution in [3.05, 3.63) is 15.2 Å². The number of imidazole rings is 1. The average molecular weight is 391 g/mol. The maximum atomic E-state index is 11.8. The molecule has 6 heteroatoms. The number of rotatable bonds is 1. The van der Waals surface area contributed by atoms with E-state index in [2.05, 4.69) is 60.3 Å². The number of halogens is 1. The Balaban J connectivity index is 2.65. The van der Waals surface area contributed by atoms with Gasteiger partial charge in [0.05, 0.1) is 0 Å². The molecule has 2 atom stereocenters. The molecule has 1 aromatic heterocycles. The first-order valence-electron chi connectivity index (χ1n) is 6.82. The number of aromatic amines is 1. The van der Waals surface area contributed by atoms with Crippen molar-refractivity contribution >= 4 is 28.7 Å². The lowest BCUT2D eigenvalue weighted by atomic mass is 9.70.